The molecule has 0 aliphatic rings. The molecule has 1 aromatic heterocycles. The van der Waals surface area contributed by atoms with E-state index in [0.717, 1.165) is 16.7 Å². The summed E-state index contributed by atoms with van der Waals surface area (Å²) >= 11 is 5.96. The smallest absolute Gasteiger partial charge is 0.130 e. The number of nitrogen functional groups attached to an aromatic ring is 1. The molecule has 0 atom stereocenters. The van der Waals surface area contributed by atoms with Crippen LogP contribution in [0.2, 0.25) is 5.02 Å². The number of methoxy groups -OCH3 is 1. The third-order valence-electron chi connectivity index (χ3n) is 2.00. The van der Waals surface area contributed by atoms with E-state index in [1.54, 1.807) is 25.4 Å². The molecule has 4 heteroatoms. The van der Waals surface area contributed by atoms with Gasteiger partial charge < -0.3 is 15.5 Å². The van der Waals surface area contributed by atoms with Gasteiger partial charge in [-0.3, -0.25) is 0 Å². The van der Waals surface area contributed by atoms with Crippen molar-refractivity contribution in [2.45, 2.75) is 0 Å². The number of benzene rings is 1. The summed E-state index contributed by atoms with van der Waals surface area (Å²) in [6.07, 6.45) is 1.71. The number of H-pyrrole nitrogens is 1. The number of nitrogens with one attached hydrogen (secondary N) is 1. The summed E-state index contributed by atoms with van der Waals surface area (Å²) in [7, 11) is 1.61. The third-order valence-corrected chi connectivity index (χ3v) is 2.31. The Morgan fingerprint density at radius 2 is 2.23 bits per heavy atom. The van der Waals surface area contributed by atoms with Crippen molar-refractivity contribution in [3.8, 4) is 5.75 Å². The molecule has 1 aromatic carbocycles. The van der Waals surface area contributed by atoms with Crippen LogP contribution < -0.4 is 10.5 Å². The fraction of sp³-hybridized carbons (Fsp3) is 0.111. The topological polar surface area (TPSA) is 51.0 Å². The average molecular weight is 197 g/mol. The lowest BCUT2D eigenvalue weighted by atomic mass is 10.2. The second-order valence-corrected chi connectivity index (χ2v) is 3.15. The van der Waals surface area contributed by atoms with Gasteiger partial charge in [-0.05, 0) is 12.1 Å². The van der Waals surface area contributed by atoms with Crippen LogP contribution in [0.25, 0.3) is 10.9 Å². The number of nitrogens with two attached hydrogens (primary N) is 1. The van der Waals surface area contributed by atoms with Gasteiger partial charge in [-0.25, -0.2) is 0 Å². The fourth-order valence-corrected chi connectivity index (χ4v) is 1.59. The number of aromatic amines is 1. The maximum atomic E-state index is 5.96. The van der Waals surface area contributed by atoms with Crippen molar-refractivity contribution < 1.29 is 4.74 Å². The Morgan fingerprint density at radius 3 is 2.92 bits per heavy atom. The molecule has 68 valence electrons. The van der Waals surface area contributed by atoms with Crippen molar-refractivity contribution in [3.05, 3.63) is 23.4 Å². The van der Waals surface area contributed by atoms with Crippen molar-refractivity contribution in [1.29, 1.82) is 0 Å². The predicted octanol–water partition coefficient (Wildman–Crippen LogP) is 2.41. The van der Waals surface area contributed by atoms with E-state index < -0.39 is 0 Å². The number of fused-ring (bicyclic) bond motifs is 1. The van der Waals surface area contributed by atoms with E-state index >= 15 is 0 Å². The van der Waals surface area contributed by atoms with Gasteiger partial charge in [-0.15, -0.1) is 0 Å². The maximum Gasteiger partial charge on any atom is 0.130 e. The first kappa shape index (κ1) is 8.26. The summed E-state index contributed by atoms with van der Waals surface area (Å²) in [5.41, 5.74) is 7.22. The van der Waals surface area contributed by atoms with Crippen LogP contribution in [0.3, 0.4) is 0 Å². The Labute approximate surface area is 80.4 Å². The van der Waals surface area contributed by atoms with Crippen molar-refractivity contribution >= 4 is 28.2 Å². The predicted molar refractivity (Wildman–Crippen MR) is 54.3 cm³/mol. The highest BCUT2D eigenvalue weighted by Gasteiger charge is 2.09. The van der Waals surface area contributed by atoms with Gasteiger partial charge in [0.25, 0.3) is 0 Å². The van der Waals surface area contributed by atoms with E-state index in [-0.39, 0.29) is 0 Å². The summed E-state index contributed by atoms with van der Waals surface area (Å²) in [5.74, 6) is 0.734. The first-order valence-corrected chi connectivity index (χ1v) is 4.21. The van der Waals surface area contributed by atoms with Gasteiger partial charge in [-0.2, -0.15) is 0 Å². The lowest BCUT2D eigenvalue weighted by Crippen LogP contribution is -1.87. The summed E-state index contributed by atoms with van der Waals surface area (Å²) in [5, 5.41) is 1.49. The Balaban J connectivity index is 2.88. The van der Waals surface area contributed by atoms with Gasteiger partial charge in [0.1, 0.15) is 5.75 Å². The molecule has 13 heavy (non-hydrogen) atoms. The molecule has 2 rings (SSSR count). The molecular formula is C9H9ClN2O. The zero-order valence-electron chi connectivity index (χ0n) is 7.10. The van der Waals surface area contributed by atoms with Gasteiger partial charge >= 0.3 is 0 Å². The molecule has 0 saturated heterocycles. The van der Waals surface area contributed by atoms with Crippen LogP contribution in [0, 0.1) is 0 Å². The highest BCUT2D eigenvalue weighted by molar-refractivity contribution is 6.35. The fourth-order valence-electron chi connectivity index (χ4n) is 1.38. The van der Waals surface area contributed by atoms with Crippen LogP contribution in [0.15, 0.2) is 18.3 Å². The second-order valence-electron chi connectivity index (χ2n) is 2.74. The minimum atomic E-state index is 0.646. The minimum Gasteiger partial charge on any atom is -0.496 e. The Bertz CT molecular complexity index is 450. The normalized spacial score (nSPS) is 10.6. The number of aromatic nitrogens is 1. The average Bonchev–Trinajstić information content (AvgIpc) is 2.51. The Morgan fingerprint density at radius 1 is 1.46 bits per heavy atom. The molecule has 3 nitrogen and oxygen atoms in total. The van der Waals surface area contributed by atoms with Crippen LogP contribution in [-0.4, -0.2) is 12.1 Å². The molecule has 0 spiro atoms. The molecule has 0 aliphatic heterocycles. The van der Waals surface area contributed by atoms with Gasteiger partial charge in [0.15, 0.2) is 0 Å². The zero-order chi connectivity index (χ0) is 9.42. The molecule has 0 amide bonds. The number of halogens is 1. The molecule has 1 heterocycles. The minimum absolute atomic E-state index is 0.646. The van der Waals surface area contributed by atoms with Crippen LogP contribution >= 0.6 is 11.6 Å². The largest absolute Gasteiger partial charge is 0.496 e. The quantitative estimate of drug-likeness (QED) is 0.736. The van der Waals surface area contributed by atoms with Crippen molar-refractivity contribution in [2.24, 2.45) is 0 Å². The molecule has 0 bridgehead atoms. The number of anilines is 1. The first-order chi connectivity index (χ1) is 6.24. The van der Waals surface area contributed by atoms with E-state index in [4.69, 9.17) is 22.1 Å². The van der Waals surface area contributed by atoms with E-state index in [9.17, 15) is 0 Å². The van der Waals surface area contributed by atoms with Crippen LogP contribution in [0.5, 0.6) is 5.75 Å². The summed E-state index contributed by atoms with van der Waals surface area (Å²) in [4.78, 5) is 2.99. The van der Waals surface area contributed by atoms with Crippen LogP contribution in [0.4, 0.5) is 5.69 Å². The number of rotatable bonds is 1. The van der Waals surface area contributed by atoms with Crippen LogP contribution in [-0.2, 0) is 0 Å². The standard InChI is InChI=1S/C9H9ClN2O/c1-13-7-3-2-5(10)9-8(7)6(11)4-12-9/h2-4,12H,11H2,1H3. The molecule has 0 fully saturated rings. The van der Waals surface area contributed by atoms with E-state index in [2.05, 4.69) is 4.98 Å². The number of ether oxygens (including phenoxy) is 1. The molecule has 2 aromatic rings. The second kappa shape index (κ2) is 2.85. The molecule has 0 aliphatic carbocycles. The Kier molecular flexibility index (Phi) is 1.81. The SMILES string of the molecule is COc1ccc(Cl)c2[nH]cc(N)c12. The molecular weight excluding hydrogens is 188 g/mol. The lowest BCUT2D eigenvalue weighted by Gasteiger charge is -2.03. The number of hydrogen-bond donors (Lipinski definition) is 2. The van der Waals surface area contributed by atoms with Crippen molar-refractivity contribution in [2.75, 3.05) is 12.8 Å². The van der Waals surface area contributed by atoms with E-state index in [1.165, 1.54) is 0 Å². The van der Waals surface area contributed by atoms with Crippen molar-refractivity contribution in [3.63, 3.8) is 0 Å². The van der Waals surface area contributed by atoms with Gasteiger partial charge in [0, 0.05) is 6.20 Å². The highest BCUT2D eigenvalue weighted by atomic mass is 35.5. The molecule has 0 radical (unpaired) electrons. The highest BCUT2D eigenvalue weighted by Crippen LogP contribution is 2.34. The maximum absolute atomic E-state index is 5.96. The first-order valence-electron chi connectivity index (χ1n) is 3.83. The van der Waals surface area contributed by atoms with E-state index in [0.29, 0.717) is 10.7 Å². The zero-order valence-corrected chi connectivity index (χ0v) is 7.85. The van der Waals surface area contributed by atoms with Gasteiger partial charge in [0.05, 0.1) is 28.7 Å². The van der Waals surface area contributed by atoms with Crippen LogP contribution in [0.1, 0.15) is 0 Å². The van der Waals surface area contributed by atoms with E-state index in [1.807, 2.05) is 0 Å². The summed E-state index contributed by atoms with van der Waals surface area (Å²) in [6.45, 7) is 0. The lowest BCUT2D eigenvalue weighted by molar-refractivity contribution is 0.420. The monoisotopic (exact) mass is 196 g/mol. The van der Waals surface area contributed by atoms with Gasteiger partial charge in [0.2, 0.25) is 0 Å². The Hall–Kier alpha value is -1.35. The summed E-state index contributed by atoms with van der Waals surface area (Å²) < 4.78 is 5.16. The van der Waals surface area contributed by atoms with Gasteiger partial charge in [-0.1, -0.05) is 11.6 Å². The molecule has 0 unspecified atom stereocenters. The van der Waals surface area contributed by atoms with Crippen molar-refractivity contribution in [1.82, 2.24) is 4.98 Å². The molecule has 0 saturated carbocycles. The third kappa shape index (κ3) is 1.12. The summed E-state index contributed by atoms with van der Waals surface area (Å²) in [6, 6.07) is 3.58. The number of hydrogen-bond acceptors (Lipinski definition) is 2. The molecule has 3 N–H and O–H groups in total.